The number of carbonyl (C=O) groups excluding carboxylic acids is 1. The normalized spacial score (nSPS) is 32.5. The Morgan fingerprint density at radius 3 is 1.50 bits per heavy atom. The molecule has 17 unspecified atom stereocenters. The van der Waals surface area contributed by atoms with Gasteiger partial charge in [0.05, 0.1) is 38.6 Å². The largest absolute Gasteiger partial charge is 0.394 e. The highest BCUT2D eigenvalue weighted by Gasteiger charge is 2.53. The highest BCUT2D eigenvalue weighted by molar-refractivity contribution is 5.76. The van der Waals surface area contributed by atoms with Gasteiger partial charge < -0.3 is 89.9 Å². The number of allylic oxidation sites excluding steroid dienone is 9. The number of ether oxygens (including phenoxy) is 6. The van der Waals surface area contributed by atoms with Crippen LogP contribution in [0.5, 0.6) is 0 Å². The van der Waals surface area contributed by atoms with Crippen LogP contribution < -0.4 is 5.32 Å². The fourth-order valence-corrected chi connectivity index (χ4v) is 8.65. The molecule has 0 bridgehead atoms. The topological polar surface area (TPSA) is 307 Å². The van der Waals surface area contributed by atoms with Crippen molar-refractivity contribution in [3.05, 3.63) is 60.8 Å². The van der Waals surface area contributed by atoms with Crippen LogP contribution in [0.2, 0.25) is 0 Å². The fourth-order valence-electron chi connectivity index (χ4n) is 8.65. The molecule has 72 heavy (non-hydrogen) atoms. The highest BCUT2D eigenvalue weighted by atomic mass is 16.8. The van der Waals surface area contributed by atoms with Gasteiger partial charge in [-0.25, -0.2) is 0 Å². The standard InChI is InChI=1S/C53H91NO18/c1-3-5-7-9-11-12-13-14-15-16-17-18-19-20-21-22-23-24-25-27-29-31-41(59)54-36(37(58)30-28-26-10-8-6-4-2)35-67-51-47(65)44(62)49(39(33-56)69-51)72-53-48(66)45(63)50(40(34-57)70-53)71-52-46(64)43(61)42(60)38(32-55)68-52/h5,7,11-12,14-15,17-18,28,30,36-40,42-53,55-58,60-66H,3-4,6,8-10,13,16,19-27,29,31-35H2,1-2H3,(H,54,59)/b7-5-,12-11-,15-14-,18-17-,30-28+. The molecule has 3 aliphatic rings. The van der Waals surface area contributed by atoms with Gasteiger partial charge in [0.2, 0.25) is 5.91 Å². The Morgan fingerprint density at radius 2 is 0.958 bits per heavy atom. The van der Waals surface area contributed by atoms with Gasteiger partial charge in [-0.2, -0.15) is 0 Å². The molecule has 1 amide bonds. The first-order chi connectivity index (χ1) is 34.8. The summed E-state index contributed by atoms with van der Waals surface area (Å²) in [6, 6.07) is -0.976. The van der Waals surface area contributed by atoms with Crippen molar-refractivity contribution in [1.29, 1.82) is 0 Å². The Balaban J connectivity index is 1.46. The van der Waals surface area contributed by atoms with Crippen LogP contribution in [0.25, 0.3) is 0 Å². The van der Waals surface area contributed by atoms with Gasteiger partial charge in [0.15, 0.2) is 18.9 Å². The molecular formula is C53H91NO18. The van der Waals surface area contributed by atoms with E-state index < -0.39 is 124 Å². The third-order valence-electron chi connectivity index (χ3n) is 13.1. The first kappa shape index (κ1) is 63.8. The molecule has 0 aromatic heterocycles. The molecule has 0 radical (unpaired) electrons. The van der Waals surface area contributed by atoms with Crippen LogP contribution in [0.3, 0.4) is 0 Å². The summed E-state index contributed by atoms with van der Waals surface area (Å²) in [6.45, 7) is 1.46. The molecular weight excluding hydrogens is 939 g/mol. The summed E-state index contributed by atoms with van der Waals surface area (Å²) in [5.74, 6) is -0.295. The van der Waals surface area contributed by atoms with Crippen LogP contribution in [-0.2, 0) is 33.2 Å². The van der Waals surface area contributed by atoms with Crippen LogP contribution in [0, 0.1) is 0 Å². The molecule has 12 N–H and O–H groups in total. The molecule has 3 saturated heterocycles. The fraction of sp³-hybridized carbons (Fsp3) is 0.792. The van der Waals surface area contributed by atoms with Crippen LogP contribution in [0.1, 0.15) is 136 Å². The van der Waals surface area contributed by atoms with E-state index in [2.05, 4.69) is 67.8 Å². The van der Waals surface area contributed by atoms with Crippen molar-refractivity contribution in [2.24, 2.45) is 0 Å². The number of hydrogen-bond acceptors (Lipinski definition) is 18. The van der Waals surface area contributed by atoms with Crippen LogP contribution in [-0.4, -0.2) is 193 Å². The lowest BCUT2D eigenvalue weighted by Gasteiger charge is -2.48. The predicted octanol–water partition coefficient (Wildman–Crippen LogP) is 2.53. The molecule has 3 fully saturated rings. The van der Waals surface area contributed by atoms with Crippen LogP contribution >= 0.6 is 0 Å². The maximum Gasteiger partial charge on any atom is 0.220 e. The molecule has 17 atom stereocenters. The number of hydrogen-bond donors (Lipinski definition) is 12. The van der Waals surface area contributed by atoms with E-state index in [9.17, 15) is 61.0 Å². The molecule has 19 nitrogen and oxygen atoms in total. The van der Waals surface area contributed by atoms with Crippen molar-refractivity contribution in [3.63, 3.8) is 0 Å². The van der Waals surface area contributed by atoms with E-state index in [1.54, 1.807) is 6.08 Å². The number of unbranched alkanes of at least 4 members (excludes halogenated alkanes) is 12. The van der Waals surface area contributed by atoms with E-state index in [1.807, 2.05) is 6.08 Å². The zero-order valence-electron chi connectivity index (χ0n) is 42.6. The van der Waals surface area contributed by atoms with Gasteiger partial charge >= 0.3 is 0 Å². The molecule has 0 aromatic carbocycles. The summed E-state index contributed by atoms with van der Waals surface area (Å²) in [6.07, 6.45) is 12.7. The van der Waals surface area contributed by atoms with Gasteiger partial charge in [-0.3, -0.25) is 4.79 Å². The van der Waals surface area contributed by atoms with Crippen molar-refractivity contribution in [3.8, 4) is 0 Å². The Morgan fingerprint density at radius 1 is 0.514 bits per heavy atom. The quantitative estimate of drug-likeness (QED) is 0.0317. The minimum absolute atomic E-state index is 0.229. The zero-order chi connectivity index (χ0) is 52.7. The van der Waals surface area contributed by atoms with E-state index in [4.69, 9.17) is 28.4 Å². The second-order valence-corrected chi connectivity index (χ2v) is 19.0. The summed E-state index contributed by atoms with van der Waals surface area (Å²) in [4.78, 5) is 13.2. The molecule has 0 aliphatic carbocycles. The highest BCUT2D eigenvalue weighted by Crippen LogP contribution is 2.33. The van der Waals surface area contributed by atoms with E-state index in [-0.39, 0.29) is 18.9 Å². The minimum Gasteiger partial charge on any atom is -0.394 e. The maximum absolute atomic E-state index is 13.2. The SMILES string of the molecule is CC/C=C\C/C=C\C/C=C\C/C=C\CCCCCCCCCCC(=O)NC(COC1OC(CO)C(OC2OC(CO)C(OC3OC(CO)C(O)C(O)C3O)C(O)C2O)C(O)C1O)C(O)/C=C/CCCCCC. The molecule has 3 heterocycles. The van der Waals surface area contributed by atoms with E-state index in [0.29, 0.717) is 6.42 Å². The first-order valence-corrected chi connectivity index (χ1v) is 26.5. The van der Waals surface area contributed by atoms with E-state index in [0.717, 1.165) is 89.9 Å². The lowest BCUT2D eigenvalue weighted by atomic mass is 9.96. The Hall–Kier alpha value is -2.51. The molecule has 3 aliphatic heterocycles. The van der Waals surface area contributed by atoms with Crippen molar-refractivity contribution >= 4 is 5.91 Å². The number of aliphatic hydroxyl groups is 11. The van der Waals surface area contributed by atoms with Crippen LogP contribution in [0.4, 0.5) is 0 Å². The number of rotatable bonds is 36. The number of nitrogens with one attached hydrogen (secondary N) is 1. The van der Waals surface area contributed by atoms with Gasteiger partial charge in [0.25, 0.3) is 0 Å². The summed E-state index contributed by atoms with van der Waals surface area (Å²) in [5.41, 5.74) is 0. The monoisotopic (exact) mass is 1030 g/mol. The van der Waals surface area contributed by atoms with Crippen molar-refractivity contribution in [1.82, 2.24) is 5.32 Å². The Bertz CT molecular complexity index is 1560. The maximum atomic E-state index is 13.2. The molecule has 416 valence electrons. The second-order valence-electron chi connectivity index (χ2n) is 19.0. The van der Waals surface area contributed by atoms with Crippen molar-refractivity contribution in [2.45, 2.75) is 240 Å². The van der Waals surface area contributed by atoms with E-state index in [1.165, 1.54) is 19.3 Å². The van der Waals surface area contributed by atoms with Gasteiger partial charge in [0.1, 0.15) is 73.2 Å². The molecule has 3 rings (SSSR count). The predicted molar refractivity (Wildman–Crippen MR) is 268 cm³/mol. The smallest absolute Gasteiger partial charge is 0.220 e. The lowest BCUT2D eigenvalue weighted by molar-refractivity contribution is -0.379. The lowest BCUT2D eigenvalue weighted by Crippen LogP contribution is -2.66. The van der Waals surface area contributed by atoms with Crippen molar-refractivity contribution < 1.29 is 89.4 Å². The molecule has 0 aromatic rings. The summed E-state index contributed by atoms with van der Waals surface area (Å²) in [5, 5.41) is 119. The number of aliphatic hydroxyl groups excluding tert-OH is 11. The minimum atomic E-state index is -1.98. The van der Waals surface area contributed by atoms with E-state index >= 15 is 0 Å². The second kappa shape index (κ2) is 37.3. The first-order valence-electron chi connectivity index (χ1n) is 26.5. The number of carbonyl (C=O) groups is 1. The van der Waals surface area contributed by atoms with Crippen molar-refractivity contribution in [2.75, 3.05) is 26.4 Å². The summed E-state index contributed by atoms with van der Waals surface area (Å²) in [7, 11) is 0. The molecule has 0 saturated carbocycles. The van der Waals surface area contributed by atoms with Gasteiger partial charge in [-0.05, 0) is 57.8 Å². The van der Waals surface area contributed by atoms with Gasteiger partial charge in [-0.15, -0.1) is 0 Å². The Kier molecular flexibility index (Phi) is 33.0. The van der Waals surface area contributed by atoms with Gasteiger partial charge in [0, 0.05) is 6.42 Å². The van der Waals surface area contributed by atoms with Gasteiger partial charge in [-0.1, -0.05) is 132 Å². The average Bonchev–Trinajstić information content (AvgIpc) is 3.38. The summed E-state index contributed by atoms with van der Waals surface area (Å²) >= 11 is 0. The molecule has 19 heteroatoms. The Labute approximate surface area is 426 Å². The third-order valence-corrected chi connectivity index (χ3v) is 13.1. The third kappa shape index (κ3) is 22.4. The molecule has 0 spiro atoms. The van der Waals surface area contributed by atoms with Crippen LogP contribution in [0.15, 0.2) is 60.8 Å². The summed E-state index contributed by atoms with van der Waals surface area (Å²) < 4.78 is 34.0. The average molecular weight is 1030 g/mol. The number of amides is 1. The zero-order valence-corrected chi connectivity index (χ0v) is 42.6.